The Morgan fingerprint density at radius 3 is 2.60 bits per heavy atom. The maximum Gasteiger partial charge on any atom is 0.263 e. The molecule has 3 nitrogen and oxygen atoms in total. The normalized spacial score (nSPS) is 19.6. The Labute approximate surface area is 126 Å². The van der Waals surface area contributed by atoms with Crippen LogP contribution in [0.5, 0.6) is 0 Å². The molecule has 1 unspecified atom stereocenters. The Morgan fingerprint density at radius 2 is 2.05 bits per heavy atom. The van der Waals surface area contributed by atoms with Crippen molar-refractivity contribution < 1.29 is 14.0 Å². The summed E-state index contributed by atoms with van der Waals surface area (Å²) in [6.45, 7) is 6.48. The first-order valence-corrected chi connectivity index (χ1v) is 7.30. The van der Waals surface area contributed by atoms with E-state index in [-0.39, 0.29) is 27.3 Å². The summed E-state index contributed by atoms with van der Waals surface area (Å²) in [6.07, 6.45) is 0.338. The molecule has 108 valence electrons. The molecule has 1 aliphatic heterocycles. The summed E-state index contributed by atoms with van der Waals surface area (Å²) in [5, 5.41) is 0. The van der Waals surface area contributed by atoms with E-state index in [9.17, 15) is 14.0 Å². The maximum absolute atomic E-state index is 14.0. The first-order valence-electron chi connectivity index (χ1n) is 6.50. The molecule has 1 fully saturated rings. The first-order chi connectivity index (χ1) is 9.21. The van der Waals surface area contributed by atoms with Crippen LogP contribution in [0.25, 0.3) is 0 Å². The first kappa shape index (κ1) is 15.2. The highest BCUT2D eigenvalue weighted by molar-refractivity contribution is 9.10. The molecule has 0 spiro atoms. The number of hydrogen-bond acceptors (Lipinski definition) is 2. The molecule has 1 aliphatic rings. The lowest BCUT2D eigenvalue weighted by Gasteiger charge is -2.26. The minimum Gasteiger partial charge on any atom is -0.278 e. The van der Waals surface area contributed by atoms with Crippen LogP contribution in [-0.2, 0) is 4.79 Å². The second-order valence-electron chi connectivity index (χ2n) is 6.18. The second-order valence-corrected chi connectivity index (χ2v) is 7.03. The number of benzene rings is 1. The topological polar surface area (TPSA) is 37.4 Å². The molecule has 1 atom stereocenters. The molecule has 1 aromatic rings. The summed E-state index contributed by atoms with van der Waals surface area (Å²) in [5.74, 6) is -1.30. The van der Waals surface area contributed by atoms with Crippen LogP contribution in [0.2, 0.25) is 0 Å². The monoisotopic (exact) mass is 341 g/mol. The van der Waals surface area contributed by atoms with Crippen LogP contribution in [0.4, 0.5) is 4.39 Å². The number of carbonyl (C=O) groups excluding carboxylic acids is 2. The predicted octanol–water partition coefficient (Wildman–Crippen LogP) is 3.62. The third-order valence-corrected chi connectivity index (χ3v) is 4.39. The van der Waals surface area contributed by atoms with Crippen LogP contribution in [0, 0.1) is 17.2 Å². The van der Waals surface area contributed by atoms with Gasteiger partial charge in [-0.15, -0.1) is 0 Å². The third-order valence-electron chi connectivity index (χ3n) is 3.78. The van der Waals surface area contributed by atoms with Crippen LogP contribution in [0.15, 0.2) is 22.7 Å². The van der Waals surface area contributed by atoms with Gasteiger partial charge in [0.15, 0.2) is 0 Å². The standard InChI is InChI=1S/C15H17BrFNO2/c1-15(2,3)9-7-12(19)18(8-9)14(20)10-5-4-6-11(16)13(10)17/h4-6,9H,7-8H2,1-3H3. The lowest BCUT2D eigenvalue weighted by Crippen LogP contribution is -2.34. The molecule has 2 rings (SSSR count). The van der Waals surface area contributed by atoms with Gasteiger partial charge in [0.1, 0.15) is 5.82 Å². The molecule has 0 saturated carbocycles. The van der Waals surface area contributed by atoms with Gasteiger partial charge in [-0.05, 0) is 39.4 Å². The van der Waals surface area contributed by atoms with Gasteiger partial charge in [-0.25, -0.2) is 4.39 Å². The van der Waals surface area contributed by atoms with E-state index in [1.807, 2.05) is 20.8 Å². The number of carbonyl (C=O) groups is 2. The van der Waals surface area contributed by atoms with Gasteiger partial charge >= 0.3 is 0 Å². The lowest BCUT2D eigenvalue weighted by atomic mass is 9.80. The van der Waals surface area contributed by atoms with Crippen molar-refractivity contribution in [2.24, 2.45) is 11.3 Å². The van der Waals surface area contributed by atoms with Crippen molar-refractivity contribution in [2.75, 3.05) is 6.54 Å². The Morgan fingerprint density at radius 1 is 1.40 bits per heavy atom. The van der Waals surface area contributed by atoms with E-state index < -0.39 is 11.7 Å². The van der Waals surface area contributed by atoms with Gasteiger partial charge in [-0.2, -0.15) is 0 Å². The Balaban J connectivity index is 2.26. The highest BCUT2D eigenvalue weighted by atomic mass is 79.9. The molecular formula is C15H17BrFNO2. The largest absolute Gasteiger partial charge is 0.278 e. The summed E-state index contributed by atoms with van der Waals surface area (Å²) >= 11 is 3.05. The van der Waals surface area contributed by atoms with Gasteiger partial charge in [-0.3, -0.25) is 14.5 Å². The maximum atomic E-state index is 14.0. The fraction of sp³-hybridized carbons (Fsp3) is 0.467. The Bertz CT molecular complexity index is 565. The number of imide groups is 1. The molecule has 0 aliphatic carbocycles. The fourth-order valence-corrected chi connectivity index (χ4v) is 2.66. The van der Waals surface area contributed by atoms with E-state index in [0.717, 1.165) is 0 Å². The molecule has 0 N–H and O–H groups in total. The summed E-state index contributed by atoms with van der Waals surface area (Å²) in [6, 6.07) is 4.51. The number of hydrogen-bond donors (Lipinski definition) is 0. The molecule has 1 aromatic carbocycles. The summed E-state index contributed by atoms with van der Waals surface area (Å²) in [7, 11) is 0. The third kappa shape index (κ3) is 2.77. The molecule has 0 radical (unpaired) electrons. The molecule has 20 heavy (non-hydrogen) atoms. The molecular weight excluding hydrogens is 325 g/mol. The zero-order chi connectivity index (χ0) is 15.1. The highest BCUT2D eigenvalue weighted by Crippen LogP contribution is 2.35. The zero-order valence-corrected chi connectivity index (χ0v) is 13.3. The molecule has 1 saturated heterocycles. The van der Waals surface area contributed by atoms with Gasteiger partial charge in [0.05, 0.1) is 10.0 Å². The van der Waals surface area contributed by atoms with E-state index in [1.165, 1.54) is 17.0 Å². The summed E-state index contributed by atoms with van der Waals surface area (Å²) in [4.78, 5) is 25.5. The number of amides is 2. The molecule has 2 amide bonds. The summed E-state index contributed by atoms with van der Waals surface area (Å²) < 4.78 is 14.2. The summed E-state index contributed by atoms with van der Waals surface area (Å²) in [5.41, 5.74) is -0.122. The second kappa shape index (κ2) is 5.28. The van der Waals surface area contributed by atoms with E-state index in [1.54, 1.807) is 6.07 Å². The Hall–Kier alpha value is -1.23. The number of halogens is 2. The van der Waals surface area contributed by atoms with Crippen molar-refractivity contribution >= 4 is 27.7 Å². The SMILES string of the molecule is CC(C)(C)C1CC(=O)N(C(=O)c2cccc(Br)c2F)C1. The quantitative estimate of drug-likeness (QED) is 0.731. The van der Waals surface area contributed by atoms with Gasteiger partial charge in [-0.1, -0.05) is 26.8 Å². The Kier molecular flexibility index (Phi) is 4.00. The van der Waals surface area contributed by atoms with Gasteiger partial charge in [0, 0.05) is 13.0 Å². The van der Waals surface area contributed by atoms with Gasteiger partial charge in [0.2, 0.25) is 5.91 Å². The van der Waals surface area contributed by atoms with Crippen LogP contribution < -0.4 is 0 Å². The minimum absolute atomic E-state index is 0.0551. The smallest absolute Gasteiger partial charge is 0.263 e. The molecule has 5 heteroatoms. The predicted molar refractivity (Wildman–Crippen MR) is 77.7 cm³/mol. The fourth-order valence-electron chi connectivity index (χ4n) is 2.30. The van der Waals surface area contributed by atoms with E-state index in [4.69, 9.17) is 0 Å². The zero-order valence-electron chi connectivity index (χ0n) is 11.7. The molecule has 0 aromatic heterocycles. The van der Waals surface area contributed by atoms with Crippen molar-refractivity contribution in [3.63, 3.8) is 0 Å². The average molecular weight is 342 g/mol. The number of rotatable bonds is 1. The van der Waals surface area contributed by atoms with Gasteiger partial charge in [0.25, 0.3) is 5.91 Å². The van der Waals surface area contributed by atoms with Crippen molar-refractivity contribution in [1.82, 2.24) is 4.90 Å². The number of nitrogens with zero attached hydrogens (tertiary/aromatic N) is 1. The van der Waals surface area contributed by atoms with Crippen LogP contribution in [0.1, 0.15) is 37.6 Å². The number of likely N-dealkylation sites (tertiary alicyclic amines) is 1. The molecule has 0 bridgehead atoms. The van der Waals surface area contributed by atoms with E-state index >= 15 is 0 Å². The minimum atomic E-state index is -0.621. The van der Waals surface area contributed by atoms with Crippen LogP contribution in [-0.4, -0.2) is 23.3 Å². The average Bonchev–Trinajstić information content (AvgIpc) is 2.74. The van der Waals surface area contributed by atoms with Crippen molar-refractivity contribution in [3.8, 4) is 0 Å². The van der Waals surface area contributed by atoms with Crippen molar-refractivity contribution in [2.45, 2.75) is 27.2 Å². The van der Waals surface area contributed by atoms with Gasteiger partial charge < -0.3 is 0 Å². The van der Waals surface area contributed by atoms with Crippen LogP contribution in [0.3, 0.4) is 0 Å². The lowest BCUT2D eigenvalue weighted by molar-refractivity contribution is -0.125. The highest BCUT2D eigenvalue weighted by Gasteiger charge is 2.40. The van der Waals surface area contributed by atoms with Crippen LogP contribution >= 0.6 is 15.9 Å². The van der Waals surface area contributed by atoms with E-state index in [2.05, 4.69) is 15.9 Å². The van der Waals surface area contributed by atoms with Crippen molar-refractivity contribution in [1.29, 1.82) is 0 Å². The van der Waals surface area contributed by atoms with E-state index in [0.29, 0.717) is 13.0 Å². The molecule has 1 heterocycles. The van der Waals surface area contributed by atoms with Crippen molar-refractivity contribution in [3.05, 3.63) is 34.1 Å².